The molecular formula is C16H21N3O. The minimum Gasteiger partial charge on any atom is -0.497 e. The molecule has 0 aliphatic heterocycles. The number of nitrogens with zero attached hydrogens (tertiary/aromatic N) is 2. The highest BCUT2D eigenvalue weighted by Crippen LogP contribution is 2.20. The van der Waals surface area contributed by atoms with Gasteiger partial charge in [-0.1, -0.05) is 12.1 Å². The lowest BCUT2D eigenvalue weighted by Gasteiger charge is -2.08. The standard InChI is InChI=1S/C16H21N3O/c1-12-14(9-17-15-6-7-15)10-18-19(12)11-13-4-3-5-16(8-13)20-2/h3-5,8,10,15,17H,6-7,9,11H2,1-2H3. The summed E-state index contributed by atoms with van der Waals surface area (Å²) >= 11 is 0. The molecule has 4 heteroatoms. The molecule has 106 valence electrons. The van der Waals surface area contributed by atoms with E-state index in [4.69, 9.17) is 4.74 Å². The van der Waals surface area contributed by atoms with Crippen LogP contribution in [0.5, 0.6) is 5.75 Å². The largest absolute Gasteiger partial charge is 0.497 e. The second-order valence-electron chi connectivity index (χ2n) is 5.42. The fourth-order valence-corrected chi connectivity index (χ4v) is 2.30. The highest BCUT2D eigenvalue weighted by atomic mass is 16.5. The third-order valence-corrected chi connectivity index (χ3v) is 3.83. The van der Waals surface area contributed by atoms with Crippen molar-refractivity contribution < 1.29 is 4.74 Å². The first-order chi connectivity index (χ1) is 9.76. The molecule has 2 aromatic rings. The molecule has 0 spiro atoms. The first-order valence-electron chi connectivity index (χ1n) is 7.14. The number of aromatic nitrogens is 2. The maximum absolute atomic E-state index is 5.26. The summed E-state index contributed by atoms with van der Waals surface area (Å²) in [5, 5.41) is 8.04. The minimum atomic E-state index is 0.733. The Bertz CT molecular complexity index is 587. The van der Waals surface area contributed by atoms with Crippen LogP contribution in [0.3, 0.4) is 0 Å². The molecule has 0 radical (unpaired) electrons. The van der Waals surface area contributed by atoms with Crippen molar-refractivity contribution in [2.45, 2.75) is 38.9 Å². The highest BCUT2D eigenvalue weighted by Gasteiger charge is 2.20. The lowest BCUT2D eigenvalue weighted by atomic mass is 10.2. The van der Waals surface area contributed by atoms with Crippen molar-refractivity contribution in [2.75, 3.05) is 7.11 Å². The van der Waals surface area contributed by atoms with Crippen molar-refractivity contribution in [3.63, 3.8) is 0 Å². The Hall–Kier alpha value is -1.81. The molecule has 1 saturated carbocycles. The summed E-state index contributed by atoms with van der Waals surface area (Å²) < 4.78 is 7.31. The molecule has 20 heavy (non-hydrogen) atoms. The van der Waals surface area contributed by atoms with Crippen LogP contribution in [0.4, 0.5) is 0 Å². The van der Waals surface area contributed by atoms with Crippen LogP contribution in [-0.2, 0) is 13.1 Å². The van der Waals surface area contributed by atoms with Crippen molar-refractivity contribution in [1.82, 2.24) is 15.1 Å². The monoisotopic (exact) mass is 271 g/mol. The molecule has 1 aliphatic rings. The molecule has 0 unspecified atom stereocenters. The van der Waals surface area contributed by atoms with Crippen LogP contribution in [0, 0.1) is 6.92 Å². The Morgan fingerprint density at radius 3 is 3.00 bits per heavy atom. The van der Waals surface area contributed by atoms with E-state index < -0.39 is 0 Å². The maximum atomic E-state index is 5.26. The molecule has 4 nitrogen and oxygen atoms in total. The number of hydrogen-bond acceptors (Lipinski definition) is 3. The second-order valence-corrected chi connectivity index (χ2v) is 5.42. The summed E-state index contributed by atoms with van der Waals surface area (Å²) in [5.41, 5.74) is 3.73. The Morgan fingerprint density at radius 2 is 2.25 bits per heavy atom. The van der Waals surface area contributed by atoms with Crippen LogP contribution in [-0.4, -0.2) is 22.9 Å². The van der Waals surface area contributed by atoms with Gasteiger partial charge in [0, 0.05) is 23.8 Å². The third-order valence-electron chi connectivity index (χ3n) is 3.83. The van der Waals surface area contributed by atoms with Crippen LogP contribution >= 0.6 is 0 Å². The van der Waals surface area contributed by atoms with E-state index in [1.165, 1.54) is 29.7 Å². The average Bonchev–Trinajstić information content (AvgIpc) is 3.24. The summed E-state index contributed by atoms with van der Waals surface area (Å²) in [6.07, 6.45) is 4.61. The van der Waals surface area contributed by atoms with Gasteiger partial charge in [-0.3, -0.25) is 4.68 Å². The van der Waals surface area contributed by atoms with E-state index in [2.05, 4.69) is 34.2 Å². The lowest BCUT2D eigenvalue weighted by molar-refractivity contribution is 0.414. The van der Waals surface area contributed by atoms with Crippen LogP contribution in [0.25, 0.3) is 0 Å². The van der Waals surface area contributed by atoms with Gasteiger partial charge in [0.05, 0.1) is 19.9 Å². The molecule has 0 bridgehead atoms. The fourth-order valence-electron chi connectivity index (χ4n) is 2.30. The van der Waals surface area contributed by atoms with E-state index in [0.29, 0.717) is 0 Å². The van der Waals surface area contributed by atoms with Crippen molar-refractivity contribution in [3.8, 4) is 5.75 Å². The van der Waals surface area contributed by atoms with Gasteiger partial charge in [0.15, 0.2) is 0 Å². The van der Waals surface area contributed by atoms with E-state index in [1.54, 1.807) is 7.11 Å². The van der Waals surface area contributed by atoms with Gasteiger partial charge >= 0.3 is 0 Å². The Kier molecular flexibility index (Phi) is 3.74. The number of nitrogens with one attached hydrogen (secondary N) is 1. The Morgan fingerprint density at radius 1 is 1.40 bits per heavy atom. The topological polar surface area (TPSA) is 39.1 Å². The Labute approximate surface area is 119 Å². The molecule has 1 heterocycles. The van der Waals surface area contributed by atoms with Crippen molar-refractivity contribution in [2.24, 2.45) is 0 Å². The fraction of sp³-hybridized carbons (Fsp3) is 0.438. The Balaban J connectivity index is 1.69. The van der Waals surface area contributed by atoms with Gasteiger partial charge in [-0.15, -0.1) is 0 Å². The smallest absolute Gasteiger partial charge is 0.119 e. The predicted molar refractivity (Wildman–Crippen MR) is 78.9 cm³/mol. The highest BCUT2D eigenvalue weighted by molar-refractivity contribution is 5.29. The van der Waals surface area contributed by atoms with Gasteiger partial charge in [0.1, 0.15) is 5.75 Å². The summed E-state index contributed by atoms with van der Waals surface area (Å²) in [5.74, 6) is 0.892. The zero-order valence-corrected chi connectivity index (χ0v) is 12.1. The second kappa shape index (κ2) is 5.67. The van der Waals surface area contributed by atoms with Crippen LogP contribution < -0.4 is 10.1 Å². The number of rotatable bonds is 6. The van der Waals surface area contributed by atoms with Crippen LogP contribution in [0.1, 0.15) is 29.7 Å². The van der Waals surface area contributed by atoms with Gasteiger partial charge < -0.3 is 10.1 Å². The minimum absolute atomic E-state index is 0.733. The molecule has 0 saturated heterocycles. The molecule has 1 N–H and O–H groups in total. The van der Waals surface area contributed by atoms with E-state index in [1.807, 2.05) is 18.3 Å². The quantitative estimate of drug-likeness (QED) is 0.877. The van der Waals surface area contributed by atoms with Gasteiger partial charge in [0.2, 0.25) is 0 Å². The summed E-state index contributed by atoms with van der Waals surface area (Å²) in [7, 11) is 1.69. The summed E-state index contributed by atoms with van der Waals surface area (Å²) in [6.45, 7) is 3.85. The predicted octanol–water partition coefficient (Wildman–Crippen LogP) is 2.50. The van der Waals surface area contributed by atoms with Crippen LogP contribution in [0.2, 0.25) is 0 Å². The normalized spacial score (nSPS) is 14.5. The van der Waals surface area contributed by atoms with Crippen molar-refractivity contribution in [1.29, 1.82) is 0 Å². The number of hydrogen-bond donors (Lipinski definition) is 1. The number of methoxy groups -OCH3 is 1. The molecule has 1 fully saturated rings. The van der Waals surface area contributed by atoms with E-state index in [0.717, 1.165) is 24.9 Å². The number of ether oxygens (including phenoxy) is 1. The average molecular weight is 271 g/mol. The molecular weight excluding hydrogens is 250 g/mol. The van der Waals surface area contributed by atoms with E-state index in [-0.39, 0.29) is 0 Å². The SMILES string of the molecule is COc1cccc(Cn2ncc(CNC3CC3)c2C)c1. The summed E-state index contributed by atoms with van der Waals surface area (Å²) in [4.78, 5) is 0. The first kappa shape index (κ1) is 13.2. The molecule has 0 atom stereocenters. The van der Waals surface area contributed by atoms with Crippen LogP contribution in [0.15, 0.2) is 30.5 Å². The van der Waals surface area contributed by atoms with Gasteiger partial charge in [-0.25, -0.2) is 0 Å². The molecule has 0 amide bonds. The van der Waals surface area contributed by atoms with Gasteiger partial charge in [0.25, 0.3) is 0 Å². The molecule has 1 aromatic heterocycles. The van der Waals surface area contributed by atoms with Crippen molar-refractivity contribution >= 4 is 0 Å². The number of benzene rings is 1. The zero-order valence-electron chi connectivity index (χ0n) is 12.1. The van der Waals surface area contributed by atoms with E-state index >= 15 is 0 Å². The molecule has 3 rings (SSSR count). The maximum Gasteiger partial charge on any atom is 0.119 e. The van der Waals surface area contributed by atoms with Gasteiger partial charge in [-0.05, 0) is 37.5 Å². The lowest BCUT2D eigenvalue weighted by Crippen LogP contribution is -2.16. The first-order valence-corrected chi connectivity index (χ1v) is 7.14. The van der Waals surface area contributed by atoms with Crippen molar-refractivity contribution in [3.05, 3.63) is 47.3 Å². The third kappa shape index (κ3) is 3.02. The molecule has 1 aromatic carbocycles. The van der Waals surface area contributed by atoms with E-state index in [9.17, 15) is 0 Å². The molecule has 1 aliphatic carbocycles. The zero-order chi connectivity index (χ0) is 13.9. The summed E-state index contributed by atoms with van der Waals surface area (Å²) in [6, 6.07) is 8.87. The van der Waals surface area contributed by atoms with Gasteiger partial charge in [-0.2, -0.15) is 5.10 Å².